The summed E-state index contributed by atoms with van der Waals surface area (Å²) in [4.78, 5) is 6.69. The lowest BCUT2D eigenvalue weighted by Crippen LogP contribution is -2.25. The van der Waals surface area contributed by atoms with Gasteiger partial charge in [0.1, 0.15) is 0 Å². The lowest BCUT2D eigenvalue weighted by molar-refractivity contribution is 0.367. The number of likely N-dealkylation sites (N-methyl/N-ethyl adjacent to an activating group) is 1. The summed E-state index contributed by atoms with van der Waals surface area (Å²) >= 11 is 11.6. The van der Waals surface area contributed by atoms with Gasteiger partial charge in [-0.05, 0) is 74.1 Å². The summed E-state index contributed by atoms with van der Waals surface area (Å²) in [5.41, 5.74) is 5.71. The minimum Gasteiger partial charge on any atom is -0.352 e. The number of aromatic nitrogens is 2. The van der Waals surface area contributed by atoms with E-state index >= 15 is 0 Å². The van der Waals surface area contributed by atoms with Gasteiger partial charge in [-0.3, -0.25) is 4.98 Å². The highest BCUT2D eigenvalue weighted by molar-refractivity contribution is 7.80. The Balaban J connectivity index is 1.81. The quantitative estimate of drug-likeness (QED) is 0.648. The Morgan fingerprint density at radius 1 is 1.11 bits per heavy atom. The van der Waals surface area contributed by atoms with E-state index in [0.29, 0.717) is 0 Å². The molecule has 138 valence electrons. The van der Waals surface area contributed by atoms with Crippen molar-refractivity contribution in [2.75, 3.05) is 7.05 Å². The van der Waals surface area contributed by atoms with E-state index in [-0.39, 0.29) is 12.1 Å². The number of benzene rings is 1. The fourth-order valence-electron chi connectivity index (χ4n) is 3.92. The average molecular weight is 397 g/mol. The third-order valence-corrected chi connectivity index (χ3v) is 5.87. The highest BCUT2D eigenvalue weighted by Gasteiger charge is 2.39. The molecule has 4 nitrogen and oxygen atoms in total. The summed E-state index contributed by atoms with van der Waals surface area (Å²) < 4.78 is 2.26. The van der Waals surface area contributed by atoms with Crippen LogP contribution in [-0.4, -0.2) is 26.6 Å². The molecule has 2 aromatic heterocycles. The number of hydrogen-bond acceptors (Lipinski definition) is 2. The molecule has 0 amide bonds. The molecule has 0 spiro atoms. The van der Waals surface area contributed by atoms with E-state index in [9.17, 15) is 0 Å². The van der Waals surface area contributed by atoms with Crippen LogP contribution in [0.3, 0.4) is 0 Å². The topological polar surface area (TPSA) is 33.1 Å². The third kappa shape index (κ3) is 3.11. The second-order valence-electron chi connectivity index (χ2n) is 6.88. The SMILES string of the molecule is Cc1cc([C@@H]2[C@@H](c3ccccn3)NC(=S)N2C)c(C)n1-c1ccc(Cl)cc1. The summed E-state index contributed by atoms with van der Waals surface area (Å²) in [6.45, 7) is 4.28. The molecule has 1 aliphatic rings. The van der Waals surface area contributed by atoms with Crippen molar-refractivity contribution in [2.45, 2.75) is 25.9 Å². The fourth-order valence-corrected chi connectivity index (χ4v) is 4.29. The smallest absolute Gasteiger partial charge is 0.169 e. The van der Waals surface area contributed by atoms with Crippen LogP contribution in [0.1, 0.15) is 34.7 Å². The van der Waals surface area contributed by atoms with Crippen molar-refractivity contribution < 1.29 is 0 Å². The average Bonchev–Trinajstić information content (AvgIpc) is 3.12. The molecule has 3 heterocycles. The fraction of sp³-hybridized carbons (Fsp3) is 0.238. The highest BCUT2D eigenvalue weighted by Crippen LogP contribution is 2.40. The van der Waals surface area contributed by atoms with Crippen LogP contribution in [0.5, 0.6) is 0 Å². The molecule has 0 bridgehead atoms. The predicted molar refractivity (Wildman–Crippen MR) is 113 cm³/mol. The zero-order chi connectivity index (χ0) is 19.1. The Labute approximate surface area is 169 Å². The number of halogens is 1. The zero-order valence-electron chi connectivity index (χ0n) is 15.5. The van der Waals surface area contributed by atoms with Crippen molar-refractivity contribution in [1.29, 1.82) is 0 Å². The van der Waals surface area contributed by atoms with Crippen molar-refractivity contribution in [3.63, 3.8) is 0 Å². The number of pyridine rings is 1. The number of nitrogens with one attached hydrogen (secondary N) is 1. The first kappa shape index (κ1) is 18.0. The minimum absolute atomic E-state index is 0.0165. The van der Waals surface area contributed by atoms with Gasteiger partial charge in [-0.15, -0.1) is 0 Å². The number of rotatable bonds is 3. The molecule has 0 radical (unpaired) electrons. The van der Waals surface area contributed by atoms with E-state index < -0.39 is 0 Å². The molecule has 0 unspecified atom stereocenters. The molecule has 2 atom stereocenters. The molecular weight excluding hydrogens is 376 g/mol. The summed E-state index contributed by atoms with van der Waals surface area (Å²) in [6, 6.07) is 16.3. The number of hydrogen-bond donors (Lipinski definition) is 1. The van der Waals surface area contributed by atoms with Gasteiger partial charge in [-0.1, -0.05) is 17.7 Å². The van der Waals surface area contributed by atoms with Crippen molar-refractivity contribution in [3.8, 4) is 5.69 Å². The van der Waals surface area contributed by atoms with Crippen molar-refractivity contribution in [3.05, 3.63) is 82.4 Å². The minimum atomic E-state index is 0.0165. The van der Waals surface area contributed by atoms with Gasteiger partial charge in [0.05, 0.1) is 17.8 Å². The van der Waals surface area contributed by atoms with Crippen LogP contribution < -0.4 is 5.32 Å². The summed E-state index contributed by atoms with van der Waals surface area (Å²) in [6.07, 6.45) is 1.83. The van der Waals surface area contributed by atoms with Crippen LogP contribution in [0.25, 0.3) is 5.69 Å². The lowest BCUT2D eigenvalue weighted by atomic mass is 9.97. The zero-order valence-corrected chi connectivity index (χ0v) is 17.1. The van der Waals surface area contributed by atoms with Gasteiger partial charge in [-0.2, -0.15) is 0 Å². The van der Waals surface area contributed by atoms with E-state index in [2.05, 4.69) is 39.7 Å². The standard InChI is InChI=1S/C21H21ClN4S/c1-13-12-17(14(2)26(13)16-9-7-15(22)8-10-16)20-19(24-21(27)25(20)3)18-6-4-5-11-23-18/h4-12,19-20H,1-3H3,(H,24,27)/t19-,20-/m1/s1. The van der Waals surface area contributed by atoms with Crippen LogP contribution in [0.15, 0.2) is 54.7 Å². The molecule has 0 saturated carbocycles. The molecule has 3 aromatic rings. The van der Waals surface area contributed by atoms with E-state index in [1.54, 1.807) is 0 Å². The van der Waals surface area contributed by atoms with E-state index in [1.807, 2.05) is 55.7 Å². The molecule has 1 aliphatic heterocycles. The molecule has 1 fully saturated rings. The highest BCUT2D eigenvalue weighted by atomic mass is 35.5. The van der Waals surface area contributed by atoms with Crippen molar-refractivity contribution in [1.82, 2.24) is 19.8 Å². The molecule has 1 aromatic carbocycles. The number of aryl methyl sites for hydroxylation is 1. The Morgan fingerprint density at radius 2 is 1.85 bits per heavy atom. The lowest BCUT2D eigenvalue weighted by Gasteiger charge is -2.24. The van der Waals surface area contributed by atoms with Gasteiger partial charge >= 0.3 is 0 Å². The molecule has 1 saturated heterocycles. The van der Waals surface area contributed by atoms with Crippen LogP contribution >= 0.6 is 23.8 Å². The molecule has 0 aliphatic carbocycles. The first-order valence-electron chi connectivity index (χ1n) is 8.86. The molecular formula is C21H21ClN4S. The second kappa shape index (κ2) is 6.98. The Bertz CT molecular complexity index is 981. The molecule has 27 heavy (non-hydrogen) atoms. The summed E-state index contributed by atoms with van der Waals surface area (Å²) in [7, 11) is 2.04. The van der Waals surface area contributed by atoms with Crippen LogP contribution in [0, 0.1) is 13.8 Å². The van der Waals surface area contributed by atoms with Crippen LogP contribution in [-0.2, 0) is 0 Å². The Morgan fingerprint density at radius 3 is 2.52 bits per heavy atom. The van der Waals surface area contributed by atoms with E-state index in [4.69, 9.17) is 23.8 Å². The van der Waals surface area contributed by atoms with Gasteiger partial charge in [0, 0.05) is 35.3 Å². The first-order chi connectivity index (χ1) is 13.0. The predicted octanol–water partition coefficient (Wildman–Crippen LogP) is 4.74. The second-order valence-corrected chi connectivity index (χ2v) is 7.70. The Hall–Kier alpha value is -2.37. The van der Waals surface area contributed by atoms with Crippen molar-refractivity contribution in [2.24, 2.45) is 0 Å². The first-order valence-corrected chi connectivity index (χ1v) is 9.65. The van der Waals surface area contributed by atoms with Crippen LogP contribution in [0.2, 0.25) is 5.02 Å². The van der Waals surface area contributed by atoms with Gasteiger partial charge in [0.2, 0.25) is 0 Å². The maximum absolute atomic E-state index is 6.06. The maximum Gasteiger partial charge on any atom is 0.169 e. The largest absolute Gasteiger partial charge is 0.352 e. The van der Waals surface area contributed by atoms with Crippen molar-refractivity contribution >= 4 is 28.9 Å². The number of thiocarbonyl (C=S) groups is 1. The van der Waals surface area contributed by atoms with Crippen LogP contribution in [0.4, 0.5) is 0 Å². The molecule has 4 rings (SSSR count). The van der Waals surface area contributed by atoms with Gasteiger partial charge in [0.15, 0.2) is 5.11 Å². The summed E-state index contributed by atoms with van der Waals surface area (Å²) in [5.74, 6) is 0. The van der Waals surface area contributed by atoms with Gasteiger partial charge in [0.25, 0.3) is 0 Å². The van der Waals surface area contributed by atoms with E-state index in [1.165, 1.54) is 17.0 Å². The van der Waals surface area contributed by atoms with Gasteiger partial charge in [-0.25, -0.2) is 0 Å². The monoisotopic (exact) mass is 396 g/mol. The molecule has 1 N–H and O–H groups in total. The maximum atomic E-state index is 6.06. The summed E-state index contributed by atoms with van der Waals surface area (Å²) in [5, 5.41) is 4.92. The third-order valence-electron chi connectivity index (χ3n) is 5.21. The Kier molecular flexibility index (Phi) is 4.66. The number of nitrogens with zero attached hydrogens (tertiary/aromatic N) is 3. The van der Waals surface area contributed by atoms with E-state index in [0.717, 1.165) is 21.5 Å². The molecule has 6 heteroatoms. The normalized spacial score (nSPS) is 19.4. The van der Waals surface area contributed by atoms with Gasteiger partial charge < -0.3 is 14.8 Å².